The van der Waals surface area contributed by atoms with Crippen molar-refractivity contribution in [3.8, 4) is 0 Å². The molecular weight excluding hydrogens is 404 g/mol. The lowest BCUT2D eigenvalue weighted by Crippen LogP contribution is -2.37. The molecule has 1 aromatic carbocycles. The number of hydrogen-bond acceptors (Lipinski definition) is 6. The molecule has 2 aliphatic rings. The molecule has 0 unspecified atom stereocenters. The lowest BCUT2D eigenvalue weighted by molar-refractivity contribution is 0.0780. The van der Waals surface area contributed by atoms with E-state index in [-0.39, 0.29) is 30.3 Å². The summed E-state index contributed by atoms with van der Waals surface area (Å²) in [5.74, 6) is -0.242. The molecule has 0 spiro atoms. The fourth-order valence-electron chi connectivity index (χ4n) is 4.59. The normalized spacial score (nSPS) is 24.7. The van der Waals surface area contributed by atoms with E-state index in [4.69, 9.17) is 10.2 Å². The number of likely N-dealkylation sites (tertiary alicyclic amines) is 1. The van der Waals surface area contributed by atoms with Gasteiger partial charge in [0.25, 0.3) is 5.91 Å². The van der Waals surface area contributed by atoms with E-state index in [1.54, 1.807) is 13.0 Å². The van der Waals surface area contributed by atoms with Gasteiger partial charge >= 0.3 is 5.63 Å². The van der Waals surface area contributed by atoms with E-state index in [9.17, 15) is 18.0 Å². The fraction of sp³-hybridized carbons (Fsp3) is 0.455. The predicted octanol–water partition coefficient (Wildman–Crippen LogP) is 1.32. The van der Waals surface area contributed by atoms with Gasteiger partial charge in [-0.2, -0.15) is 0 Å². The molecule has 0 saturated carbocycles. The second-order valence-electron chi connectivity index (χ2n) is 8.30. The van der Waals surface area contributed by atoms with E-state index in [0.29, 0.717) is 17.7 Å². The molecule has 30 heavy (non-hydrogen) atoms. The average molecular weight is 431 g/mol. The Morgan fingerprint density at radius 1 is 1.20 bits per heavy atom. The zero-order valence-electron chi connectivity index (χ0n) is 16.9. The summed E-state index contributed by atoms with van der Waals surface area (Å²) in [5.41, 5.74) is 7.05. The van der Waals surface area contributed by atoms with Crippen molar-refractivity contribution >= 4 is 15.7 Å². The molecule has 0 bridgehead atoms. The first-order valence-electron chi connectivity index (χ1n) is 10.2. The first kappa shape index (κ1) is 20.8. The standard InChI is InChI=1S/C22H26N2O5S/c1-14-10-16(9-5-8-15-6-3-2-4-7-15)29-22(26)20(14)21(25)24-11-17-18(23)13-30(27,28)19(17)12-24/h2-4,6-7,10,17-19H,5,8-9,11-13,23H2,1H3/t17-,18+,19-/m0/s1. The van der Waals surface area contributed by atoms with Gasteiger partial charge in [0.1, 0.15) is 11.3 Å². The van der Waals surface area contributed by atoms with Gasteiger partial charge in [-0.1, -0.05) is 30.3 Å². The molecule has 2 N–H and O–H groups in total. The Kier molecular flexibility index (Phi) is 5.55. The van der Waals surface area contributed by atoms with Crippen LogP contribution in [0.5, 0.6) is 0 Å². The Labute approximate surface area is 175 Å². The van der Waals surface area contributed by atoms with Crippen LogP contribution in [0.1, 0.15) is 33.7 Å². The first-order valence-corrected chi connectivity index (χ1v) is 11.9. The molecule has 3 heterocycles. The predicted molar refractivity (Wildman–Crippen MR) is 113 cm³/mol. The zero-order chi connectivity index (χ0) is 21.5. The summed E-state index contributed by atoms with van der Waals surface area (Å²) in [7, 11) is -3.30. The molecule has 0 aliphatic carbocycles. The van der Waals surface area contributed by atoms with Gasteiger partial charge in [-0.15, -0.1) is 0 Å². The van der Waals surface area contributed by atoms with Crippen LogP contribution in [0, 0.1) is 12.8 Å². The smallest absolute Gasteiger partial charge is 0.349 e. The van der Waals surface area contributed by atoms with E-state index >= 15 is 0 Å². The number of rotatable bonds is 5. The highest BCUT2D eigenvalue weighted by atomic mass is 32.2. The Bertz CT molecular complexity index is 1110. The molecule has 2 aliphatic heterocycles. The molecule has 2 saturated heterocycles. The van der Waals surface area contributed by atoms with Crippen LogP contribution in [0.25, 0.3) is 0 Å². The van der Waals surface area contributed by atoms with Crippen LogP contribution < -0.4 is 11.4 Å². The van der Waals surface area contributed by atoms with Gasteiger partial charge in [0.2, 0.25) is 0 Å². The highest BCUT2D eigenvalue weighted by Gasteiger charge is 2.52. The number of sulfone groups is 1. The van der Waals surface area contributed by atoms with Crippen molar-refractivity contribution in [1.82, 2.24) is 4.90 Å². The highest BCUT2D eigenvalue weighted by Crippen LogP contribution is 2.33. The SMILES string of the molecule is Cc1cc(CCCc2ccccc2)oc(=O)c1C(=O)N1C[C@H]2[C@H](N)CS(=O)(=O)[C@H]2C1. The maximum Gasteiger partial charge on any atom is 0.349 e. The van der Waals surface area contributed by atoms with E-state index in [0.717, 1.165) is 12.8 Å². The van der Waals surface area contributed by atoms with Crippen molar-refractivity contribution in [2.75, 3.05) is 18.8 Å². The summed E-state index contributed by atoms with van der Waals surface area (Å²) in [6.45, 7) is 2.04. The minimum atomic E-state index is -3.30. The Morgan fingerprint density at radius 2 is 1.93 bits per heavy atom. The van der Waals surface area contributed by atoms with Crippen LogP contribution >= 0.6 is 0 Å². The van der Waals surface area contributed by atoms with Gasteiger partial charge in [-0.3, -0.25) is 4.79 Å². The number of carbonyl (C=O) groups excluding carboxylic acids is 1. The van der Waals surface area contributed by atoms with E-state index in [1.807, 2.05) is 18.2 Å². The second-order valence-corrected chi connectivity index (χ2v) is 10.6. The molecule has 1 aromatic heterocycles. The van der Waals surface area contributed by atoms with Crippen LogP contribution in [0.3, 0.4) is 0 Å². The first-order chi connectivity index (χ1) is 14.3. The molecular formula is C22H26N2O5S. The molecule has 0 radical (unpaired) electrons. The number of carbonyl (C=O) groups is 1. The van der Waals surface area contributed by atoms with Crippen molar-refractivity contribution in [1.29, 1.82) is 0 Å². The van der Waals surface area contributed by atoms with Crippen molar-refractivity contribution in [3.05, 3.63) is 69.3 Å². The second kappa shape index (κ2) is 8.00. The molecule has 3 atom stereocenters. The summed E-state index contributed by atoms with van der Waals surface area (Å²) in [5, 5.41) is -0.638. The van der Waals surface area contributed by atoms with Crippen LogP contribution in [-0.2, 0) is 22.7 Å². The summed E-state index contributed by atoms with van der Waals surface area (Å²) >= 11 is 0. The minimum Gasteiger partial charge on any atom is -0.427 e. The number of fused-ring (bicyclic) bond motifs is 1. The van der Waals surface area contributed by atoms with Crippen LogP contribution in [0.2, 0.25) is 0 Å². The zero-order valence-corrected chi connectivity index (χ0v) is 17.7. The van der Waals surface area contributed by atoms with Gasteiger partial charge in [0.15, 0.2) is 9.84 Å². The maximum atomic E-state index is 13.0. The maximum absolute atomic E-state index is 13.0. The molecule has 7 nitrogen and oxygen atoms in total. The van der Waals surface area contributed by atoms with Crippen molar-refractivity contribution in [2.45, 2.75) is 37.5 Å². The number of nitrogens with zero attached hydrogens (tertiary/aromatic N) is 1. The average Bonchev–Trinajstić information content (AvgIpc) is 3.22. The lowest BCUT2D eigenvalue weighted by Gasteiger charge is -2.19. The van der Waals surface area contributed by atoms with Crippen LogP contribution in [-0.4, -0.2) is 49.4 Å². The van der Waals surface area contributed by atoms with Gasteiger partial charge in [-0.25, -0.2) is 13.2 Å². The van der Waals surface area contributed by atoms with Crippen LogP contribution in [0.15, 0.2) is 45.6 Å². The summed E-state index contributed by atoms with van der Waals surface area (Å²) in [6, 6.07) is 11.3. The topological polar surface area (TPSA) is 111 Å². The van der Waals surface area contributed by atoms with Crippen molar-refractivity contribution in [3.63, 3.8) is 0 Å². The fourth-order valence-corrected chi connectivity index (χ4v) is 6.85. The molecule has 2 fully saturated rings. The summed E-state index contributed by atoms with van der Waals surface area (Å²) < 4.78 is 29.9. The van der Waals surface area contributed by atoms with Crippen molar-refractivity contribution in [2.24, 2.45) is 11.7 Å². The van der Waals surface area contributed by atoms with Crippen molar-refractivity contribution < 1.29 is 17.6 Å². The number of aryl methyl sites for hydroxylation is 3. The number of benzene rings is 1. The van der Waals surface area contributed by atoms with E-state index < -0.39 is 32.7 Å². The molecule has 8 heteroatoms. The van der Waals surface area contributed by atoms with Gasteiger partial charge in [0.05, 0.1) is 11.0 Å². The van der Waals surface area contributed by atoms with Gasteiger partial charge in [0, 0.05) is 31.5 Å². The number of amides is 1. The third kappa shape index (κ3) is 3.94. The summed E-state index contributed by atoms with van der Waals surface area (Å²) in [4.78, 5) is 27.0. The third-order valence-electron chi connectivity index (χ3n) is 6.18. The Balaban J connectivity index is 1.46. The number of hydrogen-bond donors (Lipinski definition) is 1. The third-order valence-corrected chi connectivity index (χ3v) is 8.45. The molecule has 4 rings (SSSR count). The largest absolute Gasteiger partial charge is 0.427 e. The summed E-state index contributed by atoms with van der Waals surface area (Å²) in [6.07, 6.45) is 2.29. The van der Waals surface area contributed by atoms with E-state index in [2.05, 4.69) is 12.1 Å². The molecule has 1 amide bonds. The molecule has 160 valence electrons. The Hall–Kier alpha value is -2.45. The van der Waals surface area contributed by atoms with Gasteiger partial charge < -0.3 is 15.1 Å². The quantitative estimate of drug-likeness (QED) is 0.766. The van der Waals surface area contributed by atoms with Crippen LogP contribution in [0.4, 0.5) is 0 Å². The minimum absolute atomic E-state index is 0.0206. The monoisotopic (exact) mass is 430 g/mol. The Morgan fingerprint density at radius 3 is 2.60 bits per heavy atom. The number of nitrogens with two attached hydrogens (primary N) is 1. The van der Waals surface area contributed by atoms with Gasteiger partial charge in [-0.05, 0) is 37.0 Å². The molecule has 2 aromatic rings. The van der Waals surface area contributed by atoms with E-state index in [1.165, 1.54) is 10.5 Å². The lowest BCUT2D eigenvalue weighted by atomic mass is 10.0. The highest BCUT2D eigenvalue weighted by molar-refractivity contribution is 7.92.